The lowest BCUT2D eigenvalue weighted by atomic mass is 9.99. The Kier molecular flexibility index (Phi) is 6.83. The van der Waals surface area contributed by atoms with Crippen molar-refractivity contribution in [2.75, 3.05) is 0 Å². The van der Waals surface area contributed by atoms with Crippen LogP contribution >= 0.6 is 22.7 Å². The summed E-state index contributed by atoms with van der Waals surface area (Å²) in [6, 6.07) is 54.4. The minimum atomic E-state index is 0.600. The molecule has 5 nitrogen and oxygen atoms in total. The number of nitrogens with zero attached hydrogens (tertiary/aromatic N) is 4. The number of hydrogen-bond acceptors (Lipinski definition) is 7. The summed E-state index contributed by atoms with van der Waals surface area (Å²) in [7, 11) is 0. The van der Waals surface area contributed by atoms with Crippen molar-refractivity contribution >= 4 is 75.0 Å². The lowest BCUT2D eigenvalue weighted by Gasteiger charge is -2.10. The predicted octanol–water partition coefficient (Wildman–Crippen LogP) is 13.1. The third kappa shape index (κ3) is 4.97. The van der Waals surface area contributed by atoms with Gasteiger partial charge in [0, 0.05) is 58.8 Å². The van der Waals surface area contributed by atoms with Crippen molar-refractivity contribution in [3.63, 3.8) is 0 Å². The Bertz CT molecular complexity index is 3160. The summed E-state index contributed by atoms with van der Waals surface area (Å²) in [5.74, 6) is 1.87. The quantitative estimate of drug-likeness (QED) is 0.178. The second-order valence-corrected chi connectivity index (χ2v) is 15.1. The van der Waals surface area contributed by atoms with Crippen LogP contribution in [0, 0.1) is 0 Å². The van der Waals surface area contributed by atoms with Gasteiger partial charge in [-0.1, -0.05) is 121 Å². The van der Waals surface area contributed by atoms with Crippen LogP contribution in [0.15, 0.2) is 162 Å². The molecule has 0 radical (unpaired) electrons. The van der Waals surface area contributed by atoms with Crippen LogP contribution in [0.25, 0.3) is 108 Å². The normalized spacial score (nSPS) is 11.8. The minimum absolute atomic E-state index is 0.600. The Morgan fingerprint density at radius 1 is 0.415 bits per heavy atom. The molecule has 7 aromatic carbocycles. The van der Waals surface area contributed by atoms with E-state index >= 15 is 0 Å². The average Bonchev–Trinajstić information content (AvgIpc) is 3.94. The van der Waals surface area contributed by atoms with E-state index in [9.17, 15) is 0 Å². The fourth-order valence-electron chi connectivity index (χ4n) is 7.33. The number of thiazole rings is 1. The van der Waals surface area contributed by atoms with Gasteiger partial charge in [-0.25, -0.2) is 19.9 Å². The molecule has 0 saturated heterocycles. The molecule has 248 valence electrons. The van der Waals surface area contributed by atoms with Crippen LogP contribution in [0.5, 0.6) is 0 Å². The average molecular weight is 715 g/mol. The second-order valence-electron chi connectivity index (χ2n) is 13.0. The number of furan rings is 1. The van der Waals surface area contributed by atoms with Crippen LogP contribution in [0.3, 0.4) is 0 Å². The van der Waals surface area contributed by atoms with Crippen LogP contribution in [-0.4, -0.2) is 19.9 Å². The predicted molar refractivity (Wildman–Crippen MR) is 220 cm³/mol. The Morgan fingerprint density at radius 2 is 1.06 bits per heavy atom. The molecule has 0 aliphatic heterocycles. The zero-order valence-corrected chi connectivity index (χ0v) is 29.7. The van der Waals surface area contributed by atoms with E-state index in [1.54, 1.807) is 22.7 Å². The van der Waals surface area contributed by atoms with E-state index in [1.165, 1.54) is 20.2 Å². The number of thiophene rings is 1. The van der Waals surface area contributed by atoms with E-state index in [2.05, 4.69) is 109 Å². The van der Waals surface area contributed by atoms with Crippen molar-refractivity contribution in [1.29, 1.82) is 0 Å². The van der Waals surface area contributed by atoms with Gasteiger partial charge < -0.3 is 4.42 Å². The number of rotatable bonds is 5. The van der Waals surface area contributed by atoms with E-state index in [1.807, 2.05) is 48.5 Å². The summed E-state index contributed by atoms with van der Waals surface area (Å²) in [4.78, 5) is 20.4. The molecule has 0 saturated carbocycles. The molecule has 0 unspecified atom stereocenters. The molecule has 7 heteroatoms. The molecular weight excluding hydrogens is 689 g/mol. The fourth-order valence-corrected chi connectivity index (χ4v) is 9.51. The summed E-state index contributed by atoms with van der Waals surface area (Å²) >= 11 is 3.48. The standard InChI is InChI=1S/C46H26N4OS2/c1-2-12-27(13-3-1)43-48-44(50-45(49-43)35-21-10-18-32-31-16-4-6-24-38(31)52-42(32)35)34-20-11-23-37-40(34)33-19-9-17-30(41(33)51-37)28-14-8-15-29(26-28)46-47-36-22-5-7-25-39(36)53-46/h1-26H. The monoisotopic (exact) mass is 714 g/mol. The molecule has 4 heterocycles. The van der Waals surface area contributed by atoms with Gasteiger partial charge in [0.25, 0.3) is 0 Å². The van der Waals surface area contributed by atoms with Crippen LogP contribution in [0.1, 0.15) is 0 Å². The topological polar surface area (TPSA) is 64.7 Å². The third-order valence-electron chi connectivity index (χ3n) is 9.79. The van der Waals surface area contributed by atoms with E-state index in [-0.39, 0.29) is 0 Å². The largest absolute Gasteiger partial charge is 0.455 e. The van der Waals surface area contributed by atoms with E-state index < -0.39 is 0 Å². The fraction of sp³-hybridized carbons (Fsp3) is 0. The maximum atomic E-state index is 6.73. The lowest BCUT2D eigenvalue weighted by Crippen LogP contribution is -2.00. The number of benzene rings is 7. The molecule has 53 heavy (non-hydrogen) atoms. The molecule has 4 aromatic heterocycles. The zero-order valence-electron chi connectivity index (χ0n) is 28.0. The van der Waals surface area contributed by atoms with Crippen molar-refractivity contribution in [2.45, 2.75) is 0 Å². The summed E-state index contributed by atoms with van der Waals surface area (Å²) in [6.45, 7) is 0. The molecule has 0 fully saturated rings. The van der Waals surface area contributed by atoms with Crippen molar-refractivity contribution in [3.05, 3.63) is 158 Å². The van der Waals surface area contributed by atoms with E-state index in [4.69, 9.17) is 24.4 Å². The van der Waals surface area contributed by atoms with Crippen LogP contribution in [0.4, 0.5) is 0 Å². The molecular formula is C46H26N4OS2. The molecule has 0 bridgehead atoms. The van der Waals surface area contributed by atoms with E-state index in [0.29, 0.717) is 17.5 Å². The summed E-state index contributed by atoms with van der Waals surface area (Å²) < 4.78 is 10.3. The number of hydrogen-bond donors (Lipinski definition) is 0. The minimum Gasteiger partial charge on any atom is -0.455 e. The maximum absolute atomic E-state index is 6.73. The van der Waals surface area contributed by atoms with E-state index in [0.717, 1.165) is 70.5 Å². The van der Waals surface area contributed by atoms with Crippen molar-refractivity contribution in [2.24, 2.45) is 0 Å². The third-order valence-corrected chi connectivity index (χ3v) is 12.1. The van der Waals surface area contributed by atoms with Crippen molar-refractivity contribution < 1.29 is 4.42 Å². The molecule has 11 aromatic rings. The molecule has 0 N–H and O–H groups in total. The number of aromatic nitrogens is 4. The maximum Gasteiger partial charge on any atom is 0.165 e. The lowest BCUT2D eigenvalue weighted by molar-refractivity contribution is 0.670. The molecule has 0 amide bonds. The molecule has 0 spiro atoms. The Hall–Kier alpha value is -6.54. The Balaban J connectivity index is 1.10. The zero-order chi connectivity index (χ0) is 34.9. The smallest absolute Gasteiger partial charge is 0.165 e. The molecule has 0 aliphatic rings. The number of para-hydroxylation sites is 2. The summed E-state index contributed by atoms with van der Waals surface area (Å²) in [5, 5.41) is 5.42. The molecule has 0 aliphatic carbocycles. The highest BCUT2D eigenvalue weighted by Crippen LogP contribution is 2.43. The van der Waals surface area contributed by atoms with Crippen molar-refractivity contribution in [3.8, 4) is 55.9 Å². The summed E-state index contributed by atoms with van der Waals surface area (Å²) in [5.41, 5.74) is 8.60. The highest BCUT2D eigenvalue weighted by Gasteiger charge is 2.21. The van der Waals surface area contributed by atoms with Gasteiger partial charge in [0.05, 0.1) is 10.2 Å². The highest BCUT2D eigenvalue weighted by atomic mass is 32.1. The van der Waals surface area contributed by atoms with Crippen LogP contribution in [-0.2, 0) is 0 Å². The second kappa shape index (κ2) is 12.0. The van der Waals surface area contributed by atoms with Gasteiger partial charge in [0.1, 0.15) is 16.2 Å². The first-order chi connectivity index (χ1) is 26.2. The van der Waals surface area contributed by atoms with Gasteiger partial charge in [-0.3, -0.25) is 0 Å². The first kappa shape index (κ1) is 30.1. The summed E-state index contributed by atoms with van der Waals surface area (Å²) in [6.07, 6.45) is 0. The van der Waals surface area contributed by atoms with Gasteiger partial charge in [0.15, 0.2) is 17.5 Å². The van der Waals surface area contributed by atoms with Gasteiger partial charge in [-0.2, -0.15) is 0 Å². The van der Waals surface area contributed by atoms with Gasteiger partial charge in [-0.05, 0) is 42.0 Å². The molecule has 0 atom stereocenters. The molecule has 11 rings (SSSR count). The van der Waals surface area contributed by atoms with Crippen molar-refractivity contribution in [1.82, 2.24) is 19.9 Å². The first-order valence-corrected chi connectivity index (χ1v) is 19.0. The SMILES string of the molecule is c1ccc(-c2nc(-c3cccc4c3sc3ccccc34)nc(-c3cccc4oc5c(-c6cccc(-c7nc8ccccc8s7)c6)cccc5c34)n2)cc1. The first-order valence-electron chi connectivity index (χ1n) is 17.4. The number of fused-ring (bicyclic) bond motifs is 7. The Labute approximate surface area is 311 Å². The van der Waals surface area contributed by atoms with Crippen LogP contribution < -0.4 is 0 Å². The van der Waals surface area contributed by atoms with Crippen LogP contribution in [0.2, 0.25) is 0 Å². The van der Waals surface area contributed by atoms with Gasteiger partial charge in [0.2, 0.25) is 0 Å². The van der Waals surface area contributed by atoms with Gasteiger partial charge >= 0.3 is 0 Å². The highest BCUT2D eigenvalue weighted by molar-refractivity contribution is 7.26. The Morgan fingerprint density at radius 3 is 1.94 bits per heavy atom. The van der Waals surface area contributed by atoms with Gasteiger partial charge in [-0.15, -0.1) is 22.7 Å².